The van der Waals surface area contributed by atoms with Crippen molar-refractivity contribution in [1.82, 2.24) is 0 Å². The van der Waals surface area contributed by atoms with Crippen molar-refractivity contribution >= 4 is 25.5 Å². The fourth-order valence-corrected chi connectivity index (χ4v) is 5.85. The van der Waals surface area contributed by atoms with E-state index in [4.69, 9.17) is 18.5 Å². The fraction of sp³-hybridized carbons (Fsp3) is 0.604. The molecule has 0 fully saturated rings. The lowest BCUT2D eigenvalue weighted by atomic mass is 10.1. The number of carbonyl (C=O) groups excluding carboxylic acids is 3. The Labute approximate surface area is 358 Å². The number of quaternary nitrogens is 1. The van der Waals surface area contributed by atoms with E-state index in [2.05, 4.69) is 86.8 Å². The zero-order chi connectivity index (χ0) is 43.7. The lowest BCUT2D eigenvalue weighted by Gasteiger charge is -2.28. The number of ether oxygens (including phenoxy) is 2. The summed E-state index contributed by atoms with van der Waals surface area (Å²) >= 11 is 0. The number of likely N-dealkylation sites (N-methyl/N-ethyl adjacent to an activating group) is 1. The Morgan fingerprint density at radius 2 is 1.14 bits per heavy atom. The van der Waals surface area contributed by atoms with Crippen molar-refractivity contribution in [2.24, 2.45) is 0 Å². The molecule has 0 rings (SSSR count). The fourth-order valence-electron chi connectivity index (χ4n) is 5.13. The second-order valence-corrected chi connectivity index (χ2v) is 16.8. The maximum Gasteiger partial charge on any atom is 0.306 e. The molecule has 0 aromatic rings. The van der Waals surface area contributed by atoms with Crippen molar-refractivity contribution < 1.29 is 46.8 Å². The molecule has 59 heavy (non-hydrogen) atoms. The van der Waals surface area contributed by atoms with Crippen LogP contribution >= 0.6 is 7.82 Å². The van der Waals surface area contributed by atoms with Gasteiger partial charge in [-0.2, -0.15) is 0 Å². The van der Waals surface area contributed by atoms with Crippen molar-refractivity contribution in [3.63, 3.8) is 0 Å². The van der Waals surface area contributed by atoms with E-state index < -0.39 is 32.5 Å². The quantitative estimate of drug-likeness (QED) is 0.0113. The highest BCUT2D eigenvalue weighted by molar-refractivity contribution is 7.45. The molecule has 0 heterocycles. The van der Waals surface area contributed by atoms with E-state index in [0.717, 1.165) is 70.6 Å². The van der Waals surface area contributed by atoms with Crippen molar-refractivity contribution in [2.75, 3.05) is 47.5 Å². The average molecular weight is 844 g/mol. The standard InChI is InChI=1S/C48H78NO9P/c1-6-8-10-12-14-16-18-20-21-22-23-25-27-29-31-33-35-39-47(51)55-43-46(44-57-59(53,54)56-42-41-49(3,4)5)58-48(52)40-36-38-45(50)37-34-32-30-28-26-24-19-17-15-13-11-9-7-2/h8,10,14-17,20-21,23-26,30,32,34,37,46H,6-7,9,11-13,18-19,22,27-29,31,33,35-36,38-44H2,1-5H3/b10-8-,16-14-,17-15-,21-20-,25-23-,26-24-,32-30-,37-34+/t46-/m1/s1. The van der Waals surface area contributed by atoms with Crippen molar-refractivity contribution in [1.29, 1.82) is 0 Å². The maximum absolute atomic E-state index is 12.7. The Hall–Kier alpha value is -3.40. The smallest absolute Gasteiger partial charge is 0.306 e. The van der Waals surface area contributed by atoms with E-state index in [1.165, 1.54) is 25.3 Å². The Kier molecular flexibility index (Phi) is 36.5. The summed E-state index contributed by atoms with van der Waals surface area (Å²) in [5.41, 5.74) is 0. The van der Waals surface area contributed by atoms with E-state index >= 15 is 0 Å². The predicted molar refractivity (Wildman–Crippen MR) is 240 cm³/mol. The molecule has 0 saturated carbocycles. The number of carbonyl (C=O) groups is 3. The van der Waals surface area contributed by atoms with Crippen molar-refractivity contribution in [3.05, 3.63) is 97.2 Å². The van der Waals surface area contributed by atoms with Gasteiger partial charge in [0.2, 0.25) is 0 Å². The van der Waals surface area contributed by atoms with Gasteiger partial charge in [0.1, 0.15) is 19.8 Å². The van der Waals surface area contributed by atoms with Gasteiger partial charge in [0.15, 0.2) is 11.9 Å². The van der Waals surface area contributed by atoms with Crippen LogP contribution in [0.3, 0.4) is 0 Å². The summed E-state index contributed by atoms with van der Waals surface area (Å²) in [7, 11) is 0.986. The number of ketones is 1. The molecular formula is C48H78NO9P. The highest BCUT2D eigenvalue weighted by atomic mass is 31.2. The van der Waals surface area contributed by atoms with Gasteiger partial charge in [0.25, 0.3) is 7.82 Å². The predicted octanol–water partition coefficient (Wildman–Crippen LogP) is 11.1. The molecule has 2 atom stereocenters. The zero-order valence-corrected chi connectivity index (χ0v) is 38.0. The molecule has 0 N–H and O–H groups in total. The van der Waals surface area contributed by atoms with Gasteiger partial charge < -0.3 is 27.9 Å². The molecule has 0 aromatic carbocycles. The van der Waals surface area contributed by atoms with Crippen LogP contribution < -0.4 is 4.89 Å². The number of allylic oxidation sites excluding steroid dienone is 16. The summed E-state index contributed by atoms with van der Waals surface area (Å²) in [6.07, 6.45) is 47.3. The Bertz CT molecular complexity index is 1380. The van der Waals surface area contributed by atoms with E-state index in [0.29, 0.717) is 17.4 Å². The van der Waals surface area contributed by atoms with Gasteiger partial charge in [-0.15, -0.1) is 0 Å². The lowest BCUT2D eigenvalue weighted by molar-refractivity contribution is -0.870. The normalized spacial score (nSPS) is 14.4. The highest BCUT2D eigenvalue weighted by Gasteiger charge is 2.22. The Morgan fingerprint density at radius 3 is 1.73 bits per heavy atom. The SMILES string of the molecule is CC/C=C\C/C=C\C/C=C\C/C=C\CCCCCCC(=O)OC[C@H](COP(=O)([O-])OCC[N+](C)(C)C)OC(=O)CCCC(=O)/C=C/C=C\C/C=C\C/C=C\CCCCC. The van der Waals surface area contributed by atoms with Gasteiger partial charge in [-0.3, -0.25) is 18.9 Å². The Morgan fingerprint density at radius 1 is 0.593 bits per heavy atom. The number of rotatable bonds is 38. The van der Waals surface area contributed by atoms with Crippen LogP contribution in [0.5, 0.6) is 0 Å². The third-order valence-corrected chi connectivity index (χ3v) is 9.53. The second-order valence-electron chi connectivity index (χ2n) is 15.4. The van der Waals surface area contributed by atoms with Crippen LogP contribution in [0.25, 0.3) is 0 Å². The van der Waals surface area contributed by atoms with Crippen molar-refractivity contribution in [2.45, 2.75) is 142 Å². The number of phosphoric ester groups is 1. The summed E-state index contributed by atoms with van der Waals surface area (Å²) in [6.45, 7) is 3.74. The maximum atomic E-state index is 12.7. The molecule has 0 bridgehead atoms. The Balaban J connectivity index is 4.63. The number of esters is 2. The van der Waals surface area contributed by atoms with Crippen molar-refractivity contribution in [3.8, 4) is 0 Å². The first-order valence-corrected chi connectivity index (χ1v) is 23.4. The molecule has 0 aliphatic carbocycles. The van der Waals surface area contributed by atoms with Gasteiger partial charge in [0, 0.05) is 19.3 Å². The highest BCUT2D eigenvalue weighted by Crippen LogP contribution is 2.38. The summed E-state index contributed by atoms with van der Waals surface area (Å²) in [5.74, 6) is -1.26. The van der Waals surface area contributed by atoms with Gasteiger partial charge in [-0.05, 0) is 83.1 Å². The molecule has 0 amide bonds. The van der Waals surface area contributed by atoms with Crippen LogP contribution in [0, 0.1) is 0 Å². The zero-order valence-electron chi connectivity index (χ0n) is 37.1. The molecule has 334 valence electrons. The van der Waals surface area contributed by atoms with Gasteiger partial charge in [-0.1, -0.05) is 131 Å². The average Bonchev–Trinajstić information content (AvgIpc) is 3.18. The molecule has 0 radical (unpaired) electrons. The minimum absolute atomic E-state index is 0.0757. The number of hydrogen-bond acceptors (Lipinski definition) is 9. The first kappa shape index (κ1) is 55.6. The van der Waals surface area contributed by atoms with Crippen LogP contribution in [-0.4, -0.2) is 75.8 Å². The monoisotopic (exact) mass is 844 g/mol. The third-order valence-electron chi connectivity index (χ3n) is 8.56. The summed E-state index contributed by atoms with van der Waals surface area (Å²) < 4.78 is 33.6. The first-order valence-electron chi connectivity index (χ1n) is 21.9. The molecule has 0 aliphatic rings. The lowest BCUT2D eigenvalue weighted by Crippen LogP contribution is -2.37. The molecule has 1 unspecified atom stereocenters. The molecule has 0 aromatic heterocycles. The van der Waals surface area contributed by atoms with Gasteiger partial charge in [-0.25, -0.2) is 0 Å². The number of hydrogen-bond donors (Lipinski definition) is 0. The molecule has 11 heteroatoms. The van der Waals surface area contributed by atoms with Crippen LogP contribution in [0.1, 0.15) is 136 Å². The van der Waals surface area contributed by atoms with E-state index in [9.17, 15) is 23.8 Å². The van der Waals surface area contributed by atoms with Crippen LogP contribution in [0.4, 0.5) is 0 Å². The largest absolute Gasteiger partial charge is 0.756 e. The number of unbranched alkanes of at least 4 members (excludes halogenated alkanes) is 7. The van der Waals surface area contributed by atoms with Crippen LogP contribution in [0.2, 0.25) is 0 Å². The number of nitrogens with zero attached hydrogens (tertiary/aromatic N) is 1. The van der Waals surface area contributed by atoms with E-state index in [-0.39, 0.29) is 44.7 Å². The third kappa shape index (κ3) is 42.5. The van der Waals surface area contributed by atoms with E-state index in [1.54, 1.807) is 6.08 Å². The molecule has 10 nitrogen and oxygen atoms in total. The first-order chi connectivity index (χ1) is 28.4. The molecule has 0 saturated heterocycles. The topological polar surface area (TPSA) is 128 Å². The van der Waals surface area contributed by atoms with Gasteiger partial charge in [0.05, 0.1) is 27.7 Å². The number of phosphoric acid groups is 1. The summed E-state index contributed by atoms with van der Waals surface area (Å²) in [5, 5.41) is 0. The molecular weight excluding hydrogens is 765 g/mol. The molecule has 0 spiro atoms. The van der Waals surface area contributed by atoms with Gasteiger partial charge >= 0.3 is 11.9 Å². The van der Waals surface area contributed by atoms with Crippen LogP contribution in [-0.2, 0) is 37.5 Å². The minimum Gasteiger partial charge on any atom is -0.756 e. The molecule has 0 aliphatic heterocycles. The van der Waals surface area contributed by atoms with E-state index in [1.807, 2.05) is 33.3 Å². The minimum atomic E-state index is -4.70. The van der Waals surface area contributed by atoms with Crippen LogP contribution in [0.15, 0.2) is 97.2 Å². The summed E-state index contributed by atoms with van der Waals surface area (Å²) in [6, 6.07) is 0. The second kappa shape index (κ2) is 38.8. The summed E-state index contributed by atoms with van der Waals surface area (Å²) in [4.78, 5) is 49.8.